The number of rotatable bonds is 3. The van der Waals surface area contributed by atoms with Gasteiger partial charge in [0.25, 0.3) is 0 Å². The zero-order valence-electron chi connectivity index (χ0n) is 12.3. The number of carboxylic acid groups (broad SMARTS) is 1. The van der Waals surface area contributed by atoms with Crippen LogP contribution in [0.25, 0.3) is 11.4 Å². The molecule has 0 amide bonds. The Labute approximate surface area is 125 Å². The van der Waals surface area contributed by atoms with Crippen molar-refractivity contribution in [2.24, 2.45) is 7.05 Å². The van der Waals surface area contributed by atoms with E-state index in [0.717, 1.165) is 12.1 Å². The molecule has 2 rings (SSSR count). The monoisotopic (exact) mass is 312 g/mol. The molecule has 22 heavy (non-hydrogen) atoms. The second-order valence-corrected chi connectivity index (χ2v) is 5.26. The predicted molar refractivity (Wildman–Crippen MR) is 74.7 cm³/mol. The first-order valence-electron chi connectivity index (χ1n) is 6.60. The summed E-state index contributed by atoms with van der Waals surface area (Å²) in [6.07, 6.45) is -4.41. The molecule has 0 radical (unpaired) electrons. The lowest BCUT2D eigenvalue weighted by Crippen LogP contribution is -2.09. The fourth-order valence-electron chi connectivity index (χ4n) is 2.24. The molecule has 0 spiro atoms. The number of halogens is 3. The molecule has 118 valence electrons. The Balaban J connectivity index is 2.54. The van der Waals surface area contributed by atoms with Crippen molar-refractivity contribution in [1.29, 1.82) is 0 Å². The maximum Gasteiger partial charge on any atom is 0.416 e. The highest BCUT2D eigenvalue weighted by Crippen LogP contribution is 2.31. The molecule has 1 aromatic carbocycles. The standard InChI is InChI=1S/C15H15F3N2O2/c1-8(2)11-12(14(21)22)20(3)13(19-11)9-4-6-10(7-5-9)15(16,17)18/h4-8H,1-3H3,(H,21,22). The van der Waals surface area contributed by atoms with Gasteiger partial charge in [0, 0.05) is 12.6 Å². The molecule has 0 aliphatic carbocycles. The molecule has 0 unspecified atom stereocenters. The van der Waals surface area contributed by atoms with Crippen molar-refractivity contribution >= 4 is 5.97 Å². The molecular weight excluding hydrogens is 297 g/mol. The average Bonchev–Trinajstić information content (AvgIpc) is 2.76. The Kier molecular flexibility index (Phi) is 4.00. The summed E-state index contributed by atoms with van der Waals surface area (Å²) >= 11 is 0. The van der Waals surface area contributed by atoms with Gasteiger partial charge >= 0.3 is 12.1 Å². The smallest absolute Gasteiger partial charge is 0.416 e. The van der Waals surface area contributed by atoms with Gasteiger partial charge in [0.15, 0.2) is 5.69 Å². The van der Waals surface area contributed by atoms with E-state index in [1.165, 1.54) is 23.7 Å². The molecular formula is C15H15F3N2O2. The van der Waals surface area contributed by atoms with Crippen LogP contribution in [0.3, 0.4) is 0 Å². The van der Waals surface area contributed by atoms with Crippen LogP contribution in [0.2, 0.25) is 0 Å². The molecule has 0 atom stereocenters. The van der Waals surface area contributed by atoms with Crippen LogP contribution in [0.15, 0.2) is 24.3 Å². The molecule has 0 saturated heterocycles. The Hall–Kier alpha value is -2.31. The molecule has 1 N–H and O–H groups in total. The van der Waals surface area contributed by atoms with Gasteiger partial charge in [0.2, 0.25) is 0 Å². The van der Waals surface area contributed by atoms with Crippen LogP contribution in [-0.2, 0) is 13.2 Å². The summed E-state index contributed by atoms with van der Waals surface area (Å²) in [6.45, 7) is 3.62. The van der Waals surface area contributed by atoms with E-state index in [1.807, 2.05) is 13.8 Å². The van der Waals surface area contributed by atoms with Gasteiger partial charge in [-0.3, -0.25) is 0 Å². The number of carbonyl (C=O) groups is 1. The van der Waals surface area contributed by atoms with E-state index in [2.05, 4.69) is 4.98 Å². The van der Waals surface area contributed by atoms with E-state index in [1.54, 1.807) is 0 Å². The first-order chi connectivity index (χ1) is 10.1. The highest BCUT2D eigenvalue weighted by molar-refractivity contribution is 5.88. The fraction of sp³-hybridized carbons (Fsp3) is 0.333. The Bertz CT molecular complexity index is 701. The van der Waals surface area contributed by atoms with E-state index in [4.69, 9.17) is 0 Å². The van der Waals surface area contributed by atoms with Gasteiger partial charge in [-0.25, -0.2) is 9.78 Å². The number of hydrogen-bond donors (Lipinski definition) is 1. The van der Waals surface area contributed by atoms with E-state index >= 15 is 0 Å². The third-order valence-corrected chi connectivity index (χ3v) is 3.34. The normalized spacial score (nSPS) is 12.0. The maximum atomic E-state index is 12.6. The van der Waals surface area contributed by atoms with Crippen LogP contribution in [0.1, 0.15) is 41.5 Å². The maximum absolute atomic E-state index is 12.6. The summed E-state index contributed by atoms with van der Waals surface area (Å²) in [7, 11) is 1.54. The Morgan fingerprint density at radius 1 is 1.23 bits per heavy atom. The van der Waals surface area contributed by atoms with Crippen molar-refractivity contribution < 1.29 is 23.1 Å². The first-order valence-corrected chi connectivity index (χ1v) is 6.60. The van der Waals surface area contributed by atoms with Gasteiger partial charge in [-0.05, 0) is 18.1 Å². The average molecular weight is 312 g/mol. The summed E-state index contributed by atoms with van der Waals surface area (Å²) in [4.78, 5) is 15.7. The lowest BCUT2D eigenvalue weighted by atomic mass is 10.1. The van der Waals surface area contributed by atoms with Crippen molar-refractivity contribution in [1.82, 2.24) is 9.55 Å². The predicted octanol–water partition coefficient (Wildman–Crippen LogP) is 3.93. The number of benzene rings is 1. The quantitative estimate of drug-likeness (QED) is 0.934. The van der Waals surface area contributed by atoms with Crippen LogP contribution >= 0.6 is 0 Å². The molecule has 1 aromatic heterocycles. The summed E-state index contributed by atoms with van der Waals surface area (Å²) in [5.74, 6) is -0.896. The molecule has 0 saturated carbocycles. The summed E-state index contributed by atoms with van der Waals surface area (Å²) in [5.41, 5.74) is 0.132. The van der Waals surface area contributed by atoms with Gasteiger partial charge < -0.3 is 9.67 Å². The van der Waals surface area contributed by atoms with Gasteiger partial charge in [0.1, 0.15) is 5.82 Å². The highest BCUT2D eigenvalue weighted by Gasteiger charge is 2.30. The lowest BCUT2D eigenvalue weighted by molar-refractivity contribution is -0.137. The Morgan fingerprint density at radius 2 is 1.77 bits per heavy atom. The van der Waals surface area contributed by atoms with E-state index in [9.17, 15) is 23.1 Å². The Morgan fingerprint density at radius 3 is 2.14 bits per heavy atom. The minimum absolute atomic E-state index is 0.0462. The van der Waals surface area contributed by atoms with Crippen LogP contribution < -0.4 is 0 Å². The molecule has 0 fully saturated rings. The number of carboxylic acids is 1. The minimum Gasteiger partial charge on any atom is -0.477 e. The number of imidazole rings is 1. The SMILES string of the molecule is CC(C)c1nc(-c2ccc(C(F)(F)F)cc2)n(C)c1C(=O)O. The second-order valence-electron chi connectivity index (χ2n) is 5.26. The molecule has 2 aromatic rings. The van der Waals surface area contributed by atoms with Crippen LogP contribution in [0.4, 0.5) is 13.2 Å². The summed E-state index contributed by atoms with van der Waals surface area (Å²) in [6, 6.07) is 4.50. The number of aromatic carboxylic acids is 1. The second kappa shape index (κ2) is 5.47. The van der Waals surface area contributed by atoms with Gasteiger partial charge in [-0.1, -0.05) is 26.0 Å². The van der Waals surface area contributed by atoms with Crippen LogP contribution in [0, 0.1) is 0 Å². The van der Waals surface area contributed by atoms with Crippen molar-refractivity contribution in [2.45, 2.75) is 25.9 Å². The number of alkyl halides is 3. The van der Waals surface area contributed by atoms with Gasteiger partial charge in [0.05, 0.1) is 11.3 Å². The van der Waals surface area contributed by atoms with E-state index in [-0.39, 0.29) is 11.6 Å². The molecule has 4 nitrogen and oxygen atoms in total. The van der Waals surface area contributed by atoms with Crippen molar-refractivity contribution in [3.8, 4) is 11.4 Å². The topological polar surface area (TPSA) is 55.1 Å². The van der Waals surface area contributed by atoms with Crippen LogP contribution in [0.5, 0.6) is 0 Å². The third kappa shape index (κ3) is 2.84. The van der Waals surface area contributed by atoms with Gasteiger partial charge in [-0.15, -0.1) is 0 Å². The van der Waals surface area contributed by atoms with Crippen LogP contribution in [-0.4, -0.2) is 20.6 Å². The molecule has 0 bridgehead atoms. The molecule has 0 aliphatic rings. The largest absolute Gasteiger partial charge is 0.477 e. The summed E-state index contributed by atoms with van der Waals surface area (Å²) < 4.78 is 39.1. The first kappa shape index (κ1) is 16.1. The lowest BCUT2D eigenvalue weighted by Gasteiger charge is -2.08. The third-order valence-electron chi connectivity index (χ3n) is 3.34. The number of aromatic nitrogens is 2. The summed E-state index contributed by atoms with van der Waals surface area (Å²) in [5, 5.41) is 9.30. The van der Waals surface area contributed by atoms with E-state index in [0.29, 0.717) is 17.1 Å². The van der Waals surface area contributed by atoms with Gasteiger partial charge in [-0.2, -0.15) is 13.2 Å². The zero-order valence-corrected chi connectivity index (χ0v) is 12.3. The fourth-order valence-corrected chi connectivity index (χ4v) is 2.24. The van der Waals surface area contributed by atoms with Crippen molar-refractivity contribution in [2.75, 3.05) is 0 Å². The van der Waals surface area contributed by atoms with Crippen molar-refractivity contribution in [3.63, 3.8) is 0 Å². The van der Waals surface area contributed by atoms with E-state index < -0.39 is 17.7 Å². The number of nitrogens with zero attached hydrogens (tertiary/aromatic N) is 2. The number of hydrogen-bond acceptors (Lipinski definition) is 2. The highest BCUT2D eigenvalue weighted by atomic mass is 19.4. The molecule has 7 heteroatoms. The minimum atomic E-state index is -4.41. The molecule has 1 heterocycles. The zero-order chi connectivity index (χ0) is 16.7. The molecule has 0 aliphatic heterocycles. The van der Waals surface area contributed by atoms with Crippen molar-refractivity contribution in [3.05, 3.63) is 41.2 Å².